The van der Waals surface area contributed by atoms with Gasteiger partial charge in [-0.3, -0.25) is 0 Å². The summed E-state index contributed by atoms with van der Waals surface area (Å²) in [5, 5.41) is 6.03. The summed E-state index contributed by atoms with van der Waals surface area (Å²) in [7, 11) is 0. The molecular formula is C6H10N2. The molecule has 0 aromatic rings. The fourth-order valence-electron chi connectivity index (χ4n) is 0.687. The molecule has 1 aliphatic heterocycles. The Bertz CT molecular complexity index is 137. The quantitative estimate of drug-likeness (QED) is 0.476. The minimum Gasteiger partial charge on any atom is -0.364 e. The highest BCUT2D eigenvalue weighted by Gasteiger charge is 2.13. The van der Waals surface area contributed by atoms with Gasteiger partial charge in [0.25, 0.3) is 0 Å². The summed E-state index contributed by atoms with van der Waals surface area (Å²) in [5.41, 5.74) is 0.995. The molecule has 0 aromatic heterocycles. The van der Waals surface area contributed by atoms with Crippen LogP contribution in [0.15, 0.2) is 24.7 Å². The van der Waals surface area contributed by atoms with Crippen molar-refractivity contribution in [2.24, 2.45) is 0 Å². The van der Waals surface area contributed by atoms with Crippen LogP contribution in [0.2, 0.25) is 0 Å². The van der Waals surface area contributed by atoms with Crippen LogP contribution in [-0.2, 0) is 0 Å². The molecule has 44 valence electrons. The molecule has 1 fully saturated rings. The molecule has 1 saturated heterocycles. The Hall–Kier alpha value is -0.920. The molecule has 2 N–H and O–H groups in total. The molecule has 0 radical (unpaired) electrons. The van der Waals surface area contributed by atoms with E-state index < -0.39 is 0 Å². The zero-order chi connectivity index (χ0) is 6.15. The van der Waals surface area contributed by atoms with E-state index in [9.17, 15) is 0 Å². The van der Waals surface area contributed by atoms with Crippen LogP contribution in [0.5, 0.6) is 0 Å². The molecule has 0 amide bonds. The van der Waals surface area contributed by atoms with Crippen molar-refractivity contribution in [1.29, 1.82) is 0 Å². The average Bonchev–Trinajstić information content (AvgIpc) is 1.85. The van der Waals surface area contributed by atoms with E-state index in [0.717, 1.165) is 11.5 Å². The van der Waals surface area contributed by atoms with Gasteiger partial charge in [0.15, 0.2) is 0 Å². The van der Waals surface area contributed by atoms with E-state index in [1.165, 1.54) is 0 Å². The summed E-state index contributed by atoms with van der Waals surface area (Å²) in [6, 6.07) is 0.336. The third kappa shape index (κ3) is 0.689. The lowest BCUT2D eigenvalue weighted by atomic mass is 10.3. The van der Waals surface area contributed by atoms with Gasteiger partial charge in [-0.25, -0.2) is 0 Å². The largest absolute Gasteiger partial charge is 0.364 e. The summed E-state index contributed by atoms with van der Waals surface area (Å²) in [6.07, 6.45) is 0. The van der Waals surface area contributed by atoms with E-state index in [1.54, 1.807) is 0 Å². The van der Waals surface area contributed by atoms with E-state index in [4.69, 9.17) is 0 Å². The van der Waals surface area contributed by atoms with Gasteiger partial charge in [0, 0.05) is 5.70 Å². The standard InChI is InChI=1S/C6H10N2/c1-4-5(2)8-6(3)7-4/h5,7-8H,1,3H2,2H3. The van der Waals surface area contributed by atoms with Crippen LogP contribution in [-0.4, -0.2) is 6.04 Å². The maximum atomic E-state index is 3.75. The van der Waals surface area contributed by atoms with Gasteiger partial charge < -0.3 is 10.6 Å². The van der Waals surface area contributed by atoms with Crippen LogP contribution in [0.4, 0.5) is 0 Å². The second kappa shape index (κ2) is 1.54. The Morgan fingerprint density at radius 3 is 2.25 bits per heavy atom. The molecule has 0 aromatic carbocycles. The van der Waals surface area contributed by atoms with Crippen LogP contribution in [0.3, 0.4) is 0 Å². The van der Waals surface area contributed by atoms with Crippen molar-refractivity contribution in [3.63, 3.8) is 0 Å². The second-order valence-corrected chi connectivity index (χ2v) is 1.99. The number of hydrogen-bond donors (Lipinski definition) is 2. The van der Waals surface area contributed by atoms with Crippen molar-refractivity contribution in [2.45, 2.75) is 13.0 Å². The second-order valence-electron chi connectivity index (χ2n) is 1.99. The predicted octanol–water partition coefficient (Wildman–Crippen LogP) is 0.553. The fraction of sp³-hybridized carbons (Fsp3) is 0.333. The minimum absolute atomic E-state index is 0.336. The molecule has 1 rings (SSSR count). The van der Waals surface area contributed by atoms with Crippen molar-refractivity contribution in [3.05, 3.63) is 24.7 Å². The Balaban J connectivity index is 2.64. The molecule has 0 aliphatic carbocycles. The number of hydrogen-bond acceptors (Lipinski definition) is 2. The average molecular weight is 110 g/mol. The van der Waals surface area contributed by atoms with Crippen molar-refractivity contribution < 1.29 is 0 Å². The smallest absolute Gasteiger partial charge is 0.0960 e. The van der Waals surface area contributed by atoms with Gasteiger partial charge in [-0.2, -0.15) is 0 Å². The third-order valence-corrected chi connectivity index (χ3v) is 1.22. The molecule has 0 spiro atoms. The Morgan fingerprint density at radius 2 is 2.12 bits per heavy atom. The monoisotopic (exact) mass is 110 g/mol. The normalized spacial score (nSPS) is 27.4. The van der Waals surface area contributed by atoms with Gasteiger partial charge in [-0.05, 0) is 6.92 Å². The number of rotatable bonds is 0. The SMILES string of the molecule is C=C1NC(=C)C(C)N1. The number of nitrogens with one attached hydrogen (secondary N) is 2. The highest BCUT2D eigenvalue weighted by molar-refractivity contribution is 5.17. The summed E-state index contributed by atoms with van der Waals surface area (Å²) >= 11 is 0. The van der Waals surface area contributed by atoms with Crippen LogP contribution in [0.25, 0.3) is 0 Å². The van der Waals surface area contributed by atoms with Crippen LogP contribution < -0.4 is 10.6 Å². The Morgan fingerprint density at radius 1 is 1.50 bits per heavy atom. The minimum atomic E-state index is 0.336. The van der Waals surface area contributed by atoms with Gasteiger partial charge in [0.05, 0.1) is 11.9 Å². The van der Waals surface area contributed by atoms with E-state index in [-0.39, 0.29) is 0 Å². The lowest BCUT2D eigenvalue weighted by molar-refractivity contribution is 0.773. The molecule has 1 atom stereocenters. The Kier molecular flexibility index (Phi) is 1.01. The zero-order valence-corrected chi connectivity index (χ0v) is 4.99. The van der Waals surface area contributed by atoms with Gasteiger partial charge in [-0.1, -0.05) is 13.2 Å². The topological polar surface area (TPSA) is 24.1 Å². The summed E-state index contributed by atoms with van der Waals surface area (Å²) in [4.78, 5) is 0. The maximum Gasteiger partial charge on any atom is 0.0960 e. The first-order chi connectivity index (χ1) is 3.70. The highest BCUT2D eigenvalue weighted by atomic mass is 15.2. The lowest BCUT2D eigenvalue weighted by Gasteiger charge is -1.98. The van der Waals surface area contributed by atoms with Crippen molar-refractivity contribution in [1.82, 2.24) is 10.6 Å². The summed E-state index contributed by atoms with van der Waals surface area (Å²) in [5.74, 6) is 0.850. The molecule has 0 bridgehead atoms. The molecule has 1 unspecified atom stereocenters. The predicted molar refractivity (Wildman–Crippen MR) is 34.0 cm³/mol. The van der Waals surface area contributed by atoms with E-state index in [2.05, 4.69) is 23.8 Å². The van der Waals surface area contributed by atoms with Crippen LogP contribution >= 0.6 is 0 Å². The van der Waals surface area contributed by atoms with Crippen molar-refractivity contribution in [2.75, 3.05) is 0 Å². The van der Waals surface area contributed by atoms with E-state index in [1.807, 2.05) is 6.92 Å². The zero-order valence-electron chi connectivity index (χ0n) is 4.99. The van der Waals surface area contributed by atoms with Crippen molar-refractivity contribution >= 4 is 0 Å². The fourth-order valence-corrected chi connectivity index (χ4v) is 0.687. The first-order valence-electron chi connectivity index (χ1n) is 2.61. The third-order valence-electron chi connectivity index (χ3n) is 1.22. The summed E-state index contributed by atoms with van der Waals surface area (Å²) in [6.45, 7) is 9.46. The molecule has 1 heterocycles. The first kappa shape index (κ1) is 5.22. The molecule has 8 heavy (non-hydrogen) atoms. The van der Waals surface area contributed by atoms with Gasteiger partial charge >= 0.3 is 0 Å². The molecule has 2 nitrogen and oxygen atoms in total. The van der Waals surface area contributed by atoms with E-state index in [0.29, 0.717) is 6.04 Å². The van der Waals surface area contributed by atoms with Gasteiger partial charge in [0.2, 0.25) is 0 Å². The van der Waals surface area contributed by atoms with Crippen LogP contribution in [0, 0.1) is 0 Å². The van der Waals surface area contributed by atoms with E-state index >= 15 is 0 Å². The summed E-state index contributed by atoms with van der Waals surface area (Å²) < 4.78 is 0. The molecule has 2 heteroatoms. The molecular weight excluding hydrogens is 100 g/mol. The maximum absolute atomic E-state index is 3.75. The lowest BCUT2D eigenvalue weighted by Crippen LogP contribution is -2.15. The Labute approximate surface area is 49.3 Å². The van der Waals surface area contributed by atoms with Gasteiger partial charge in [-0.15, -0.1) is 0 Å². The van der Waals surface area contributed by atoms with Crippen molar-refractivity contribution in [3.8, 4) is 0 Å². The van der Waals surface area contributed by atoms with Crippen LogP contribution in [0.1, 0.15) is 6.92 Å². The molecule has 1 aliphatic rings. The van der Waals surface area contributed by atoms with Gasteiger partial charge in [0.1, 0.15) is 0 Å². The molecule has 0 saturated carbocycles. The first-order valence-corrected chi connectivity index (χ1v) is 2.61. The highest BCUT2D eigenvalue weighted by Crippen LogP contribution is 2.04.